The number of aromatic hydroxyl groups is 1. The number of ether oxygens (including phenoxy) is 2. The summed E-state index contributed by atoms with van der Waals surface area (Å²) < 4.78 is 10.7. The Morgan fingerprint density at radius 2 is 2.12 bits per heavy atom. The lowest BCUT2D eigenvalue weighted by atomic mass is 9.95. The van der Waals surface area contributed by atoms with Gasteiger partial charge in [0.15, 0.2) is 11.5 Å². The Balaban J connectivity index is 3.10. The Bertz CT molecular complexity index is 348. The summed E-state index contributed by atoms with van der Waals surface area (Å²) in [6.45, 7) is 4.63. The van der Waals surface area contributed by atoms with E-state index in [-0.39, 0.29) is 5.75 Å². The Kier molecular flexibility index (Phi) is 4.15. The Labute approximate surface area is 96.0 Å². The van der Waals surface area contributed by atoms with Gasteiger partial charge >= 0.3 is 0 Å². The van der Waals surface area contributed by atoms with E-state index >= 15 is 0 Å². The molecule has 0 aliphatic carbocycles. The van der Waals surface area contributed by atoms with Gasteiger partial charge in [0.2, 0.25) is 0 Å². The number of benzene rings is 1. The van der Waals surface area contributed by atoms with Crippen molar-refractivity contribution in [3.8, 4) is 11.5 Å². The Hall–Kier alpha value is -1.26. The number of phenols is 1. The average molecular weight is 225 g/mol. The quantitative estimate of drug-likeness (QED) is 0.799. The minimum atomic E-state index is -0.556. The summed E-state index contributed by atoms with van der Waals surface area (Å²) in [6.07, 6.45) is 0. The fourth-order valence-corrected chi connectivity index (χ4v) is 1.43. The van der Waals surface area contributed by atoms with E-state index in [4.69, 9.17) is 15.2 Å². The molecule has 0 amide bonds. The summed E-state index contributed by atoms with van der Waals surface area (Å²) >= 11 is 0. The van der Waals surface area contributed by atoms with Crippen LogP contribution >= 0.6 is 0 Å². The Morgan fingerprint density at radius 1 is 1.44 bits per heavy atom. The van der Waals surface area contributed by atoms with E-state index in [0.29, 0.717) is 18.9 Å². The molecule has 90 valence electrons. The van der Waals surface area contributed by atoms with Crippen molar-refractivity contribution in [2.75, 3.05) is 20.3 Å². The largest absolute Gasteiger partial charge is 0.504 e. The summed E-state index contributed by atoms with van der Waals surface area (Å²) in [5.74, 6) is 0.581. The maximum absolute atomic E-state index is 9.58. The molecule has 0 saturated carbocycles. The zero-order chi connectivity index (χ0) is 12.2. The highest BCUT2D eigenvalue weighted by Crippen LogP contribution is 2.32. The van der Waals surface area contributed by atoms with E-state index in [2.05, 4.69) is 0 Å². The van der Waals surface area contributed by atoms with E-state index in [0.717, 1.165) is 5.56 Å². The first-order valence-corrected chi connectivity index (χ1v) is 5.29. The minimum Gasteiger partial charge on any atom is -0.504 e. The minimum absolute atomic E-state index is 0.126. The first-order chi connectivity index (χ1) is 7.57. The molecule has 0 saturated heterocycles. The third-order valence-corrected chi connectivity index (χ3v) is 2.71. The predicted octanol–water partition coefficient (Wildman–Crippen LogP) is 1.61. The monoisotopic (exact) mass is 225 g/mol. The van der Waals surface area contributed by atoms with E-state index in [9.17, 15) is 5.11 Å². The third-order valence-electron chi connectivity index (χ3n) is 2.71. The van der Waals surface area contributed by atoms with Crippen LogP contribution in [0.1, 0.15) is 19.4 Å². The molecule has 1 aromatic carbocycles. The van der Waals surface area contributed by atoms with Crippen LogP contribution in [-0.4, -0.2) is 25.4 Å². The molecule has 0 bridgehead atoms. The maximum atomic E-state index is 9.58. The SMILES string of the molecule is CCOc1cc(C(C)(CN)OC)ccc1O. The van der Waals surface area contributed by atoms with Gasteiger partial charge in [-0.25, -0.2) is 0 Å². The van der Waals surface area contributed by atoms with Crippen LogP contribution < -0.4 is 10.5 Å². The van der Waals surface area contributed by atoms with Crippen LogP contribution in [0.25, 0.3) is 0 Å². The van der Waals surface area contributed by atoms with E-state index in [1.807, 2.05) is 13.8 Å². The number of rotatable bonds is 5. The van der Waals surface area contributed by atoms with Gasteiger partial charge in [-0.2, -0.15) is 0 Å². The van der Waals surface area contributed by atoms with Crippen molar-refractivity contribution < 1.29 is 14.6 Å². The molecule has 4 nitrogen and oxygen atoms in total. The van der Waals surface area contributed by atoms with Gasteiger partial charge in [0.05, 0.1) is 6.61 Å². The molecule has 0 aliphatic rings. The molecule has 1 rings (SSSR count). The lowest BCUT2D eigenvalue weighted by Crippen LogP contribution is -2.33. The van der Waals surface area contributed by atoms with Crippen LogP contribution in [-0.2, 0) is 10.3 Å². The van der Waals surface area contributed by atoms with Gasteiger partial charge in [-0.15, -0.1) is 0 Å². The van der Waals surface area contributed by atoms with Crippen molar-refractivity contribution in [2.45, 2.75) is 19.4 Å². The summed E-state index contributed by atoms with van der Waals surface area (Å²) in [5.41, 5.74) is 6.02. The smallest absolute Gasteiger partial charge is 0.161 e. The van der Waals surface area contributed by atoms with Crippen molar-refractivity contribution in [1.29, 1.82) is 0 Å². The van der Waals surface area contributed by atoms with Crippen molar-refractivity contribution in [3.63, 3.8) is 0 Å². The van der Waals surface area contributed by atoms with Gasteiger partial charge in [-0.1, -0.05) is 6.07 Å². The van der Waals surface area contributed by atoms with Crippen LogP contribution in [0.2, 0.25) is 0 Å². The molecule has 4 heteroatoms. The molecule has 0 radical (unpaired) electrons. The molecule has 1 aromatic rings. The second-order valence-corrected chi connectivity index (χ2v) is 3.75. The molecule has 0 heterocycles. The molecule has 0 fully saturated rings. The second-order valence-electron chi connectivity index (χ2n) is 3.75. The zero-order valence-electron chi connectivity index (χ0n) is 9.99. The topological polar surface area (TPSA) is 64.7 Å². The van der Waals surface area contributed by atoms with E-state index < -0.39 is 5.60 Å². The van der Waals surface area contributed by atoms with Crippen LogP contribution in [0.4, 0.5) is 0 Å². The van der Waals surface area contributed by atoms with Crippen LogP contribution in [0.15, 0.2) is 18.2 Å². The van der Waals surface area contributed by atoms with Crippen molar-refractivity contribution >= 4 is 0 Å². The van der Waals surface area contributed by atoms with Gasteiger partial charge in [-0.05, 0) is 31.5 Å². The maximum Gasteiger partial charge on any atom is 0.161 e. The number of methoxy groups -OCH3 is 1. The lowest BCUT2D eigenvalue weighted by Gasteiger charge is -2.27. The van der Waals surface area contributed by atoms with Crippen molar-refractivity contribution in [1.82, 2.24) is 0 Å². The van der Waals surface area contributed by atoms with E-state index in [1.54, 1.807) is 25.3 Å². The summed E-state index contributed by atoms with van der Waals surface area (Å²) in [6, 6.07) is 5.14. The van der Waals surface area contributed by atoms with Crippen LogP contribution in [0.3, 0.4) is 0 Å². The number of nitrogens with two attached hydrogens (primary N) is 1. The summed E-state index contributed by atoms with van der Waals surface area (Å²) in [4.78, 5) is 0. The van der Waals surface area contributed by atoms with E-state index in [1.165, 1.54) is 0 Å². The fourth-order valence-electron chi connectivity index (χ4n) is 1.43. The molecule has 0 aliphatic heterocycles. The standard InChI is InChI=1S/C12H19NO3/c1-4-16-11-7-9(5-6-10(11)14)12(2,8-13)15-3/h5-7,14H,4,8,13H2,1-3H3. The number of hydrogen-bond acceptors (Lipinski definition) is 4. The van der Waals surface area contributed by atoms with Gasteiger partial charge in [0.1, 0.15) is 5.60 Å². The highest BCUT2D eigenvalue weighted by atomic mass is 16.5. The number of phenolic OH excluding ortho intramolecular Hbond substituents is 1. The van der Waals surface area contributed by atoms with Gasteiger partial charge in [-0.3, -0.25) is 0 Å². The lowest BCUT2D eigenvalue weighted by molar-refractivity contribution is 0.00985. The normalized spacial score (nSPS) is 14.5. The molecular weight excluding hydrogens is 206 g/mol. The van der Waals surface area contributed by atoms with Crippen molar-refractivity contribution in [3.05, 3.63) is 23.8 Å². The first-order valence-electron chi connectivity index (χ1n) is 5.29. The van der Waals surface area contributed by atoms with Crippen molar-refractivity contribution in [2.24, 2.45) is 5.73 Å². The Morgan fingerprint density at radius 3 is 2.62 bits per heavy atom. The number of hydrogen-bond donors (Lipinski definition) is 2. The predicted molar refractivity (Wildman–Crippen MR) is 62.7 cm³/mol. The van der Waals surface area contributed by atoms with Crippen LogP contribution in [0.5, 0.6) is 11.5 Å². The van der Waals surface area contributed by atoms with Crippen LogP contribution in [0, 0.1) is 0 Å². The first kappa shape index (κ1) is 12.8. The molecule has 16 heavy (non-hydrogen) atoms. The second kappa shape index (κ2) is 5.18. The molecule has 0 spiro atoms. The molecular formula is C12H19NO3. The fraction of sp³-hybridized carbons (Fsp3) is 0.500. The van der Waals surface area contributed by atoms with Gasteiger partial charge < -0.3 is 20.3 Å². The summed E-state index contributed by atoms with van der Waals surface area (Å²) in [5, 5.41) is 9.58. The molecule has 3 N–H and O–H groups in total. The zero-order valence-corrected chi connectivity index (χ0v) is 9.99. The average Bonchev–Trinajstić information content (AvgIpc) is 2.31. The highest BCUT2D eigenvalue weighted by molar-refractivity contribution is 5.43. The highest BCUT2D eigenvalue weighted by Gasteiger charge is 2.25. The molecule has 1 unspecified atom stereocenters. The third kappa shape index (κ3) is 2.46. The van der Waals surface area contributed by atoms with Gasteiger partial charge in [0.25, 0.3) is 0 Å². The van der Waals surface area contributed by atoms with Gasteiger partial charge in [0, 0.05) is 13.7 Å². The molecule has 1 atom stereocenters. The molecule has 0 aromatic heterocycles. The summed E-state index contributed by atoms with van der Waals surface area (Å²) in [7, 11) is 1.61.